The Kier molecular flexibility index (Phi) is 7.16. The van der Waals surface area contributed by atoms with Gasteiger partial charge in [-0.25, -0.2) is 0 Å². The molecular formula is C20H24ClNO4. The van der Waals surface area contributed by atoms with Gasteiger partial charge in [0.05, 0.1) is 26.4 Å². The molecule has 1 N–H and O–H groups in total. The Labute approximate surface area is 159 Å². The monoisotopic (exact) mass is 377 g/mol. The van der Waals surface area contributed by atoms with Gasteiger partial charge in [0.15, 0.2) is 11.5 Å². The van der Waals surface area contributed by atoms with E-state index in [1.54, 1.807) is 37.4 Å². The van der Waals surface area contributed by atoms with Gasteiger partial charge in [-0.1, -0.05) is 17.7 Å². The second kappa shape index (κ2) is 9.34. The molecular weight excluding hydrogens is 354 g/mol. The number of ether oxygens (including phenoxy) is 3. The lowest BCUT2D eigenvalue weighted by molar-refractivity contribution is 0.0939. The lowest BCUT2D eigenvalue weighted by Crippen LogP contribution is -2.26. The number of benzene rings is 2. The smallest absolute Gasteiger partial charge is 0.251 e. The van der Waals surface area contributed by atoms with Crippen LogP contribution in [0.25, 0.3) is 0 Å². The van der Waals surface area contributed by atoms with E-state index >= 15 is 0 Å². The minimum atomic E-state index is -0.309. The van der Waals surface area contributed by atoms with E-state index in [9.17, 15) is 4.79 Å². The van der Waals surface area contributed by atoms with Gasteiger partial charge in [-0.3, -0.25) is 4.79 Å². The first-order valence-corrected chi connectivity index (χ1v) is 8.91. The largest absolute Gasteiger partial charge is 0.497 e. The summed E-state index contributed by atoms with van der Waals surface area (Å²) in [6, 6.07) is 10.2. The predicted octanol–water partition coefficient (Wildman–Crippen LogP) is 4.64. The van der Waals surface area contributed by atoms with Crippen LogP contribution in [0.2, 0.25) is 5.02 Å². The molecule has 0 saturated carbocycles. The number of carbonyl (C=O) groups excluding carboxylic acids is 1. The van der Waals surface area contributed by atoms with Crippen molar-refractivity contribution in [2.45, 2.75) is 26.8 Å². The standard InChI is InChI=1S/C20H24ClNO4/c1-5-25-18-11-16(17(21)12-19(18)26-6-2)13(3)22-20(23)14-8-7-9-15(10-14)24-4/h7-13H,5-6H2,1-4H3,(H,22,23)/t13-/m0/s1. The highest BCUT2D eigenvalue weighted by atomic mass is 35.5. The Hall–Kier alpha value is -2.40. The fourth-order valence-electron chi connectivity index (χ4n) is 2.54. The van der Waals surface area contributed by atoms with E-state index in [4.69, 9.17) is 25.8 Å². The summed E-state index contributed by atoms with van der Waals surface area (Å²) in [4.78, 5) is 12.5. The van der Waals surface area contributed by atoms with E-state index in [1.807, 2.05) is 26.8 Å². The van der Waals surface area contributed by atoms with Crippen molar-refractivity contribution in [2.24, 2.45) is 0 Å². The Morgan fingerprint density at radius 3 is 2.38 bits per heavy atom. The Morgan fingerprint density at radius 1 is 1.12 bits per heavy atom. The first-order chi connectivity index (χ1) is 12.5. The summed E-state index contributed by atoms with van der Waals surface area (Å²) < 4.78 is 16.4. The Bertz CT molecular complexity index is 763. The molecule has 0 spiro atoms. The zero-order valence-electron chi connectivity index (χ0n) is 15.5. The van der Waals surface area contributed by atoms with Gasteiger partial charge in [0.1, 0.15) is 5.75 Å². The molecule has 1 amide bonds. The molecule has 140 valence electrons. The second-order valence-corrected chi connectivity index (χ2v) is 6.02. The first-order valence-electron chi connectivity index (χ1n) is 8.54. The number of carbonyl (C=O) groups is 1. The van der Waals surface area contributed by atoms with E-state index in [1.165, 1.54) is 0 Å². The summed E-state index contributed by atoms with van der Waals surface area (Å²) in [5.74, 6) is 1.62. The van der Waals surface area contributed by atoms with Crippen molar-refractivity contribution in [3.63, 3.8) is 0 Å². The van der Waals surface area contributed by atoms with E-state index in [2.05, 4.69) is 5.32 Å². The molecule has 0 saturated heterocycles. The predicted molar refractivity (Wildman–Crippen MR) is 103 cm³/mol. The number of rotatable bonds is 8. The minimum Gasteiger partial charge on any atom is -0.497 e. The van der Waals surface area contributed by atoms with Crippen molar-refractivity contribution in [2.75, 3.05) is 20.3 Å². The van der Waals surface area contributed by atoms with Gasteiger partial charge in [-0.05, 0) is 50.6 Å². The van der Waals surface area contributed by atoms with Crippen LogP contribution in [0.15, 0.2) is 36.4 Å². The third-order valence-electron chi connectivity index (χ3n) is 3.81. The molecule has 6 heteroatoms. The second-order valence-electron chi connectivity index (χ2n) is 5.61. The molecule has 26 heavy (non-hydrogen) atoms. The van der Waals surface area contributed by atoms with Crippen LogP contribution in [-0.4, -0.2) is 26.2 Å². The number of nitrogens with one attached hydrogen (secondary N) is 1. The van der Waals surface area contributed by atoms with E-state index in [0.29, 0.717) is 41.0 Å². The maximum atomic E-state index is 12.5. The highest BCUT2D eigenvalue weighted by molar-refractivity contribution is 6.31. The zero-order valence-corrected chi connectivity index (χ0v) is 16.2. The number of hydrogen-bond donors (Lipinski definition) is 1. The zero-order chi connectivity index (χ0) is 19.1. The molecule has 2 rings (SSSR count). The van der Waals surface area contributed by atoms with E-state index in [0.717, 1.165) is 5.56 Å². The highest BCUT2D eigenvalue weighted by Gasteiger charge is 2.18. The number of amides is 1. The molecule has 0 bridgehead atoms. The minimum absolute atomic E-state index is 0.209. The third kappa shape index (κ3) is 4.82. The van der Waals surface area contributed by atoms with Crippen molar-refractivity contribution in [3.8, 4) is 17.2 Å². The SMILES string of the molecule is CCOc1cc(Cl)c([C@H](C)NC(=O)c2cccc(OC)c2)cc1OCC. The fraction of sp³-hybridized carbons (Fsp3) is 0.350. The van der Waals surface area contributed by atoms with Gasteiger partial charge in [0.25, 0.3) is 5.91 Å². The number of hydrogen-bond acceptors (Lipinski definition) is 4. The molecule has 0 aromatic heterocycles. The van der Waals surface area contributed by atoms with Crippen LogP contribution in [0.4, 0.5) is 0 Å². The summed E-state index contributed by atoms with van der Waals surface area (Å²) >= 11 is 6.40. The molecule has 0 aliphatic rings. The molecule has 2 aromatic carbocycles. The van der Waals surface area contributed by atoms with Gasteiger partial charge in [-0.2, -0.15) is 0 Å². The Balaban J connectivity index is 2.23. The van der Waals surface area contributed by atoms with Crippen LogP contribution in [-0.2, 0) is 0 Å². The normalized spacial score (nSPS) is 11.6. The molecule has 5 nitrogen and oxygen atoms in total. The summed E-state index contributed by atoms with van der Waals surface area (Å²) in [6.45, 7) is 6.69. The summed E-state index contributed by atoms with van der Waals surface area (Å²) in [7, 11) is 1.56. The van der Waals surface area contributed by atoms with Crippen LogP contribution < -0.4 is 19.5 Å². The quantitative estimate of drug-likeness (QED) is 0.728. The molecule has 0 unspecified atom stereocenters. The van der Waals surface area contributed by atoms with Crippen molar-refractivity contribution >= 4 is 17.5 Å². The van der Waals surface area contributed by atoms with Gasteiger partial charge in [-0.15, -0.1) is 0 Å². The van der Waals surface area contributed by atoms with Crippen molar-refractivity contribution in [1.82, 2.24) is 5.32 Å². The first kappa shape index (κ1) is 19.9. The maximum absolute atomic E-state index is 12.5. The molecule has 0 heterocycles. The average Bonchev–Trinajstić information content (AvgIpc) is 2.64. The van der Waals surface area contributed by atoms with Crippen LogP contribution in [0.5, 0.6) is 17.2 Å². The van der Waals surface area contributed by atoms with Gasteiger partial charge in [0, 0.05) is 16.7 Å². The lowest BCUT2D eigenvalue weighted by atomic mass is 10.1. The fourth-order valence-corrected chi connectivity index (χ4v) is 2.86. The van der Waals surface area contributed by atoms with Crippen LogP contribution in [0.3, 0.4) is 0 Å². The summed E-state index contributed by atoms with van der Waals surface area (Å²) in [6.07, 6.45) is 0. The Morgan fingerprint density at radius 2 is 1.77 bits per heavy atom. The number of methoxy groups -OCH3 is 1. The molecule has 0 radical (unpaired) electrons. The lowest BCUT2D eigenvalue weighted by Gasteiger charge is -2.19. The van der Waals surface area contributed by atoms with Crippen molar-refractivity contribution in [3.05, 3.63) is 52.5 Å². The van der Waals surface area contributed by atoms with Gasteiger partial charge >= 0.3 is 0 Å². The molecule has 2 aromatic rings. The van der Waals surface area contributed by atoms with Crippen LogP contribution in [0, 0.1) is 0 Å². The van der Waals surface area contributed by atoms with E-state index in [-0.39, 0.29) is 11.9 Å². The molecule has 1 atom stereocenters. The maximum Gasteiger partial charge on any atom is 0.251 e. The summed E-state index contributed by atoms with van der Waals surface area (Å²) in [5, 5.41) is 3.46. The third-order valence-corrected chi connectivity index (χ3v) is 4.14. The topological polar surface area (TPSA) is 56.8 Å². The van der Waals surface area contributed by atoms with Crippen molar-refractivity contribution < 1.29 is 19.0 Å². The number of halogens is 1. The van der Waals surface area contributed by atoms with Crippen LogP contribution >= 0.6 is 11.6 Å². The van der Waals surface area contributed by atoms with Gasteiger partial charge < -0.3 is 19.5 Å². The molecule has 0 aliphatic carbocycles. The molecule has 0 aliphatic heterocycles. The average molecular weight is 378 g/mol. The summed E-state index contributed by atoms with van der Waals surface area (Å²) in [5.41, 5.74) is 1.28. The van der Waals surface area contributed by atoms with Crippen molar-refractivity contribution in [1.29, 1.82) is 0 Å². The molecule has 0 fully saturated rings. The van der Waals surface area contributed by atoms with E-state index < -0.39 is 0 Å². The highest BCUT2D eigenvalue weighted by Crippen LogP contribution is 2.36. The van der Waals surface area contributed by atoms with Gasteiger partial charge in [0.2, 0.25) is 0 Å². The van der Waals surface area contributed by atoms with Crippen LogP contribution in [0.1, 0.15) is 42.7 Å².